The Hall–Kier alpha value is -4.71. The van der Waals surface area contributed by atoms with Gasteiger partial charge >= 0.3 is 5.97 Å². The molecule has 12 heteroatoms. The Labute approximate surface area is 293 Å². The highest BCUT2D eigenvalue weighted by atomic mass is 16.5. The number of nitrogens with zero attached hydrogens (tertiary/aromatic N) is 4. The number of amides is 2. The van der Waals surface area contributed by atoms with E-state index in [0.29, 0.717) is 53.1 Å². The lowest BCUT2D eigenvalue weighted by atomic mass is 9.81. The van der Waals surface area contributed by atoms with E-state index in [-0.39, 0.29) is 29.8 Å². The molecule has 1 aromatic heterocycles. The van der Waals surface area contributed by atoms with E-state index in [9.17, 15) is 19.5 Å². The van der Waals surface area contributed by atoms with Gasteiger partial charge in [-0.25, -0.2) is 4.98 Å². The van der Waals surface area contributed by atoms with Gasteiger partial charge in [-0.15, -0.1) is 0 Å². The molecular weight excluding hydrogens is 634 g/mol. The van der Waals surface area contributed by atoms with Crippen LogP contribution in [0, 0.1) is 11.8 Å². The summed E-state index contributed by atoms with van der Waals surface area (Å²) in [4.78, 5) is 51.3. The molecule has 50 heavy (non-hydrogen) atoms. The number of benzene rings is 2. The van der Waals surface area contributed by atoms with E-state index in [1.54, 1.807) is 43.5 Å². The Bertz CT molecular complexity index is 1690. The summed E-state index contributed by atoms with van der Waals surface area (Å²) in [5.74, 6) is 1.10. The number of ether oxygens (including phenoxy) is 1. The summed E-state index contributed by atoms with van der Waals surface area (Å²) >= 11 is 0. The monoisotopic (exact) mass is 683 g/mol. The highest BCUT2D eigenvalue weighted by molar-refractivity contribution is 6.05. The molecule has 6 rings (SSSR count). The topological polar surface area (TPSA) is 163 Å². The van der Waals surface area contributed by atoms with Crippen molar-refractivity contribution in [1.29, 1.82) is 0 Å². The maximum Gasteiger partial charge on any atom is 0.320 e. The normalized spacial score (nSPS) is 19.3. The standard InChI is InChI=1S/C38H49N7O5/c1-4-31-36(47)44(2)32-22-40-38(43-34(32)45(31)28-11-7-8-12-28)42-30-18-15-25(21-33(30)50-3)35(46)41-27-16-13-23(14-17-27)19-26(20-29(39)37(48)49)24-9-5-6-10-24/h13-18,21-22,24,26,28-29,31H,4-12,19-20,39H2,1-3H3,(H,41,46)(H,48,49)(H,40,42,43)/t26?,29-,31+/m0/s1. The summed E-state index contributed by atoms with van der Waals surface area (Å²) in [6, 6.07) is 12.0. The van der Waals surface area contributed by atoms with Crippen molar-refractivity contribution in [2.75, 3.05) is 34.6 Å². The van der Waals surface area contributed by atoms with Crippen LogP contribution < -0.4 is 30.9 Å². The summed E-state index contributed by atoms with van der Waals surface area (Å²) in [5, 5.41) is 15.6. The number of hydrogen-bond acceptors (Lipinski definition) is 9. The number of methoxy groups -OCH3 is 1. The number of rotatable bonds is 13. The maximum absolute atomic E-state index is 13.3. The minimum Gasteiger partial charge on any atom is -0.495 e. The van der Waals surface area contributed by atoms with Crippen LogP contribution in [0.2, 0.25) is 0 Å². The number of likely N-dealkylation sites (N-methyl/N-ethyl adjacent to an activating group) is 1. The van der Waals surface area contributed by atoms with E-state index in [1.807, 2.05) is 31.2 Å². The number of carboxylic acid groups (broad SMARTS) is 1. The van der Waals surface area contributed by atoms with Crippen molar-refractivity contribution in [3.05, 3.63) is 59.8 Å². The first kappa shape index (κ1) is 35.1. The third-order valence-electron chi connectivity index (χ3n) is 10.8. The molecule has 2 saturated carbocycles. The smallest absolute Gasteiger partial charge is 0.320 e. The Kier molecular flexibility index (Phi) is 10.9. The van der Waals surface area contributed by atoms with Crippen LogP contribution in [0.3, 0.4) is 0 Å². The summed E-state index contributed by atoms with van der Waals surface area (Å²) < 4.78 is 5.67. The van der Waals surface area contributed by atoms with E-state index in [4.69, 9.17) is 15.5 Å². The van der Waals surface area contributed by atoms with Gasteiger partial charge in [0.15, 0.2) is 5.82 Å². The lowest BCUT2D eigenvalue weighted by Gasteiger charge is -2.43. The molecule has 2 aromatic carbocycles. The summed E-state index contributed by atoms with van der Waals surface area (Å²) in [7, 11) is 3.33. The first-order chi connectivity index (χ1) is 24.2. The van der Waals surface area contributed by atoms with Crippen molar-refractivity contribution in [3.63, 3.8) is 0 Å². The first-order valence-electron chi connectivity index (χ1n) is 17.9. The third kappa shape index (κ3) is 7.55. The van der Waals surface area contributed by atoms with Crippen molar-refractivity contribution in [1.82, 2.24) is 9.97 Å². The molecule has 2 fully saturated rings. The van der Waals surface area contributed by atoms with Crippen molar-refractivity contribution >= 4 is 46.6 Å². The summed E-state index contributed by atoms with van der Waals surface area (Å²) in [6.45, 7) is 2.04. The second-order valence-corrected chi connectivity index (χ2v) is 13.9. The fourth-order valence-electron chi connectivity index (χ4n) is 8.03. The van der Waals surface area contributed by atoms with Crippen LogP contribution in [0.25, 0.3) is 0 Å². The molecule has 1 aliphatic heterocycles. The number of carbonyl (C=O) groups excluding carboxylic acids is 2. The van der Waals surface area contributed by atoms with Crippen LogP contribution in [0.4, 0.5) is 28.8 Å². The van der Waals surface area contributed by atoms with Gasteiger partial charge in [0.2, 0.25) is 11.9 Å². The third-order valence-corrected chi connectivity index (χ3v) is 10.8. The van der Waals surface area contributed by atoms with Gasteiger partial charge in [-0.05, 0) is 79.8 Å². The number of nitrogens with two attached hydrogens (primary N) is 1. The van der Waals surface area contributed by atoms with E-state index >= 15 is 0 Å². The van der Waals surface area contributed by atoms with Crippen molar-refractivity contribution in [3.8, 4) is 5.75 Å². The van der Waals surface area contributed by atoms with Crippen LogP contribution >= 0.6 is 0 Å². The number of carbonyl (C=O) groups is 3. The molecular formula is C38H49N7O5. The zero-order valence-corrected chi connectivity index (χ0v) is 29.2. The number of carboxylic acids is 1. The zero-order valence-electron chi connectivity index (χ0n) is 29.2. The van der Waals surface area contributed by atoms with E-state index in [0.717, 1.165) is 56.3 Å². The molecule has 2 amide bonds. The van der Waals surface area contributed by atoms with Crippen LogP contribution in [0.15, 0.2) is 48.7 Å². The molecule has 1 unspecified atom stereocenters. The molecule has 5 N–H and O–H groups in total. The fraction of sp³-hybridized carbons (Fsp3) is 0.500. The van der Waals surface area contributed by atoms with Gasteiger partial charge in [0.05, 0.1) is 19.0 Å². The SMILES string of the molecule is CC[C@@H]1C(=O)N(C)c2cnc(Nc3ccc(C(=O)Nc4ccc(CC(C[C@H](N)C(=O)O)C5CCCC5)cc4)cc3OC)nc2N1C1CCCC1. The number of nitrogens with one attached hydrogen (secondary N) is 2. The number of aromatic nitrogens is 2. The number of hydrogen-bond donors (Lipinski definition) is 4. The molecule has 0 saturated heterocycles. The van der Waals surface area contributed by atoms with Crippen molar-refractivity contribution < 1.29 is 24.2 Å². The minimum atomic E-state index is -0.957. The zero-order chi connectivity index (χ0) is 35.4. The van der Waals surface area contributed by atoms with E-state index < -0.39 is 12.0 Å². The average molecular weight is 684 g/mol. The second kappa shape index (κ2) is 15.5. The van der Waals surface area contributed by atoms with Gasteiger partial charge in [-0.3, -0.25) is 14.4 Å². The largest absolute Gasteiger partial charge is 0.495 e. The van der Waals surface area contributed by atoms with Crippen LogP contribution in [-0.4, -0.2) is 65.1 Å². The second-order valence-electron chi connectivity index (χ2n) is 13.9. The quantitative estimate of drug-likeness (QED) is 0.165. The van der Waals surface area contributed by atoms with Gasteiger partial charge in [-0.2, -0.15) is 4.98 Å². The van der Waals surface area contributed by atoms with E-state index in [1.165, 1.54) is 12.8 Å². The fourth-order valence-corrected chi connectivity index (χ4v) is 8.03. The Balaban J connectivity index is 1.14. The van der Waals surface area contributed by atoms with Gasteiger partial charge in [0.1, 0.15) is 23.5 Å². The Morgan fingerprint density at radius 2 is 1.76 bits per heavy atom. The summed E-state index contributed by atoms with van der Waals surface area (Å²) in [6.07, 6.45) is 12.5. The lowest BCUT2D eigenvalue weighted by Crippen LogP contribution is -2.55. The van der Waals surface area contributed by atoms with Crippen LogP contribution in [-0.2, 0) is 16.0 Å². The van der Waals surface area contributed by atoms with Crippen LogP contribution in [0.1, 0.15) is 87.1 Å². The minimum absolute atomic E-state index is 0.0637. The number of fused-ring (bicyclic) bond motifs is 1. The maximum atomic E-state index is 13.3. The highest BCUT2D eigenvalue weighted by Crippen LogP contribution is 2.41. The van der Waals surface area contributed by atoms with Gasteiger partial charge < -0.3 is 36.0 Å². The molecule has 266 valence electrons. The molecule has 3 aromatic rings. The molecule has 2 aliphatic carbocycles. The van der Waals surface area contributed by atoms with E-state index in [2.05, 4.69) is 20.5 Å². The molecule has 3 atom stereocenters. The molecule has 0 bridgehead atoms. The summed E-state index contributed by atoms with van der Waals surface area (Å²) in [5.41, 5.74) is 9.40. The lowest BCUT2D eigenvalue weighted by molar-refractivity contribution is -0.139. The van der Waals surface area contributed by atoms with Crippen LogP contribution in [0.5, 0.6) is 5.75 Å². The Morgan fingerprint density at radius 1 is 1.06 bits per heavy atom. The Morgan fingerprint density at radius 3 is 2.42 bits per heavy atom. The number of aliphatic carboxylic acids is 1. The van der Waals surface area contributed by atoms with Gasteiger partial charge in [0.25, 0.3) is 5.91 Å². The number of anilines is 5. The molecule has 0 spiro atoms. The van der Waals surface area contributed by atoms with Crippen molar-refractivity contribution in [2.24, 2.45) is 17.6 Å². The average Bonchev–Trinajstić information content (AvgIpc) is 3.86. The van der Waals surface area contributed by atoms with Gasteiger partial charge in [0, 0.05) is 24.3 Å². The predicted octanol–water partition coefficient (Wildman–Crippen LogP) is 6.14. The van der Waals surface area contributed by atoms with Crippen molar-refractivity contribution in [2.45, 2.75) is 95.7 Å². The van der Waals surface area contributed by atoms with Gasteiger partial charge in [-0.1, -0.05) is 57.6 Å². The molecule has 2 heterocycles. The predicted molar refractivity (Wildman–Crippen MR) is 194 cm³/mol. The molecule has 3 aliphatic rings. The molecule has 0 radical (unpaired) electrons. The first-order valence-corrected chi connectivity index (χ1v) is 17.9. The molecule has 12 nitrogen and oxygen atoms in total. The highest BCUT2D eigenvalue weighted by Gasteiger charge is 2.41.